The minimum Gasteiger partial charge on any atom is -0.369 e. The summed E-state index contributed by atoms with van der Waals surface area (Å²) in [7, 11) is 7.92. The van der Waals surface area contributed by atoms with E-state index in [-0.39, 0.29) is 22.3 Å². The van der Waals surface area contributed by atoms with Gasteiger partial charge < -0.3 is 11.5 Å². The van der Waals surface area contributed by atoms with Gasteiger partial charge in [0, 0.05) is 0 Å². The van der Waals surface area contributed by atoms with Crippen molar-refractivity contribution >= 4 is 62.9 Å². The Morgan fingerprint density at radius 2 is 0.692 bits per heavy atom. The number of rotatable bonds is 32. The molecule has 0 aromatic carbocycles. The second-order valence-corrected chi connectivity index (χ2v) is 18.8. The summed E-state index contributed by atoms with van der Waals surface area (Å²) >= 11 is 0. The Hall–Kier alpha value is 0.690. The number of carbonyl (C=O) groups excluding carboxylic acids is 2. The van der Waals surface area contributed by atoms with Crippen LogP contribution in [0.25, 0.3) is 0 Å². The molecular weight excluding hydrogens is 581 g/mol. The molecule has 39 heavy (non-hydrogen) atoms. The summed E-state index contributed by atoms with van der Waals surface area (Å²) in [6.07, 6.45) is 30.4. The van der Waals surface area contributed by atoms with Crippen LogP contribution in [-0.2, 0) is 9.59 Å². The predicted octanol–water partition coefficient (Wildman–Crippen LogP) is 11.4. The quantitative estimate of drug-likeness (QED) is 0.0558. The van der Waals surface area contributed by atoms with Gasteiger partial charge in [-0.25, -0.2) is 0 Å². The molecular formula is C30H60N2O2S5. The zero-order valence-corrected chi connectivity index (χ0v) is 29.2. The third-order valence-corrected chi connectivity index (χ3v) is 16.4. The lowest BCUT2D eigenvalue weighted by molar-refractivity contribution is -0.118. The number of nitrogens with two attached hydrogens (primary N) is 2. The van der Waals surface area contributed by atoms with E-state index < -0.39 is 0 Å². The van der Waals surface area contributed by atoms with E-state index in [1.807, 2.05) is 0 Å². The molecule has 0 fully saturated rings. The van der Waals surface area contributed by atoms with Crippen LogP contribution in [0.1, 0.15) is 168 Å². The molecule has 0 saturated heterocycles. The minimum absolute atomic E-state index is 0.144. The molecule has 0 radical (unpaired) electrons. The third kappa shape index (κ3) is 28.6. The highest BCUT2D eigenvalue weighted by atomic mass is 33.8. The Balaban J connectivity index is 3.75. The van der Waals surface area contributed by atoms with Gasteiger partial charge >= 0.3 is 0 Å². The first-order valence-corrected chi connectivity index (χ1v) is 22.2. The van der Waals surface area contributed by atoms with E-state index in [1.54, 1.807) is 51.1 Å². The lowest BCUT2D eigenvalue weighted by atomic mass is 10.0. The fourth-order valence-electron chi connectivity index (χ4n) is 4.60. The first kappa shape index (κ1) is 39.7. The van der Waals surface area contributed by atoms with Crippen molar-refractivity contribution in [3.8, 4) is 0 Å². The predicted molar refractivity (Wildman–Crippen MR) is 186 cm³/mol. The van der Waals surface area contributed by atoms with E-state index in [4.69, 9.17) is 11.5 Å². The van der Waals surface area contributed by atoms with Crippen LogP contribution < -0.4 is 11.5 Å². The molecule has 0 aliphatic rings. The number of hydrogen-bond acceptors (Lipinski definition) is 7. The molecule has 0 aliphatic carbocycles. The topological polar surface area (TPSA) is 86.2 Å². The smallest absolute Gasteiger partial charge is 0.231 e. The van der Waals surface area contributed by atoms with Crippen LogP contribution in [0, 0.1) is 0 Å². The highest BCUT2D eigenvalue weighted by Gasteiger charge is 2.19. The van der Waals surface area contributed by atoms with Crippen molar-refractivity contribution in [1.29, 1.82) is 0 Å². The second kappa shape index (κ2) is 31.6. The Labute approximate surface area is 261 Å². The van der Waals surface area contributed by atoms with Gasteiger partial charge in [0.15, 0.2) is 0 Å². The van der Waals surface area contributed by atoms with Crippen LogP contribution >= 0.6 is 51.1 Å². The summed E-state index contributed by atoms with van der Waals surface area (Å²) in [6.45, 7) is 4.53. The summed E-state index contributed by atoms with van der Waals surface area (Å²) in [5, 5.41) is -0.287. The van der Waals surface area contributed by atoms with E-state index in [0.29, 0.717) is 0 Å². The summed E-state index contributed by atoms with van der Waals surface area (Å²) in [4.78, 5) is 23.7. The monoisotopic (exact) mass is 640 g/mol. The van der Waals surface area contributed by atoms with Crippen molar-refractivity contribution in [1.82, 2.24) is 0 Å². The molecule has 0 saturated carbocycles. The maximum atomic E-state index is 11.9. The van der Waals surface area contributed by atoms with Crippen molar-refractivity contribution in [3.63, 3.8) is 0 Å². The Bertz CT molecular complexity index is 511. The van der Waals surface area contributed by atoms with Crippen LogP contribution in [0.2, 0.25) is 0 Å². The number of primary amides is 2. The molecule has 0 spiro atoms. The number of amides is 2. The van der Waals surface area contributed by atoms with Crippen LogP contribution in [0.4, 0.5) is 0 Å². The van der Waals surface area contributed by atoms with Gasteiger partial charge in [0.2, 0.25) is 11.8 Å². The standard InChI is InChI=1S/C30H60N2O2S5/c1-3-5-7-9-11-13-15-17-19-21-23-25-27(29(31)33)35-37-39-38-36-28(30(32)34)26-24-22-20-18-16-14-12-10-8-6-4-2/h27-28H,3-26H2,1-2H3,(H2,31,33)(H2,32,34). The summed E-state index contributed by atoms with van der Waals surface area (Å²) in [5.41, 5.74) is 11.3. The first-order chi connectivity index (χ1) is 19.0. The molecule has 0 aromatic heterocycles. The van der Waals surface area contributed by atoms with E-state index >= 15 is 0 Å². The lowest BCUT2D eigenvalue weighted by Crippen LogP contribution is -2.25. The molecule has 2 amide bonds. The SMILES string of the molecule is CCCCCCCCCCCCCC(SSSSSC(CCCCCCCCCCCCC)C(N)=O)C(N)=O. The summed E-state index contributed by atoms with van der Waals surface area (Å²) < 4.78 is 0. The van der Waals surface area contributed by atoms with Gasteiger partial charge in [0.1, 0.15) is 0 Å². The maximum absolute atomic E-state index is 11.9. The van der Waals surface area contributed by atoms with Gasteiger partial charge in [-0.15, -0.1) is 0 Å². The molecule has 2 atom stereocenters. The Kier molecular flexibility index (Phi) is 32.2. The summed E-state index contributed by atoms with van der Waals surface area (Å²) in [6, 6.07) is 0. The van der Waals surface area contributed by atoms with Crippen molar-refractivity contribution < 1.29 is 9.59 Å². The van der Waals surface area contributed by atoms with Crippen LogP contribution in [-0.4, -0.2) is 22.3 Å². The molecule has 4 nitrogen and oxygen atoms in total. The largest absolute Gasteiger partial charge is 0.369 e. The van der Waals surface area contributed by atoms with E-state index in [2.05, 4.69) is 13.8 Å². The lowest BCUT2D eigenvalue weighted by Gasteiger charge is -2.13. The number of hydrogen-bond donors (Lipinski definition) is 2. The van der Waals surface area contributed by atoms with Gasteiger partial charge in [-0.2, -0.15) is 0 Å². The highest BCUT2D eigenvalue weighted by molar-refractivity contribution is 9.35. The minimum atomic E-state index is -0.218. The highest BCUT2D eigenvalue weighted by Crippen LogP contribution is 2.51. The Morgan fingerprint density at radius 1 is 0.436 bits per heavy atom. The van der Waals surface area contributed by atoms with Gasteiger partial charge in [-0.3, -0.25) is 9.59 Å². The van der Waals surface area contributed by atoms with Crippen molar-refractivity contribution in [2.45, 2.75) is 178 Å². The average Bonchev–Trinajstić information content (AvgIpc) is 2.91. The van der Waals surface area contributed by atoms with Crippen molar-refractivity contribution in [3.05, 3.63) is 0 Å². The zero-order chi connectivity index (χ0) is 28.8. The van der Waals surface area contributed by atoms with Gasteiger partial charge in [0.25, 0.3) is 0 Å². The maximum Gasteiger partial charge on any atom is 0.231 e. The van der Waals surface area contributed by atoms with E-state index in [9.17, 15) is 9.59 Å². The number of carbonyl (C=O) groups is 2. The molecule has 0 bridgehead atoms. The van der Waals surface area contributed by atoms with Gasteiger partial charge in [-0.05, 0) is 42.3 Å². The molecule has 0 aromatic rings. The summed E-state index contributed by atoms with van der Waals surface area (Å²) in [5.74, 6) is -0.436. The molecule has 0 rings (SSSR count). The zero-order valence-electron chi connectivity index (χ0n) is 25.1. The normalized spacial score (nSPS) is 13.0. The fraction of sp³-hybridized carbons (Fsp3) is 0.933. The molecule has 232 valence electrons. The fourth-order valence-corrected chi connectivity index (χ4v) is 14.2. The van der Waals surface area contributed by atoms with Gasteiger partial charge in [0.05, 0.1) is 10.5 Å². The first-order valence-electron chi connectivity index (χ1n) is 15.9. The van der Waals surface area contributed by atoms with Crippen molar-refractivity contribution in [2.75, 3.05) is 0 Å². The van der Waals surface area contributed by atoms with E-state index in [0.717, 1.165) is 25.7 Å². The number of unbranched alkanes of at least 4 members (excludes halogenated alkanes) is 20. The average molecular weight is 641 g/mol. The van der Waals surface area contributed by atoms with Crippen LogP contribution in [0.15, 0.2) is 0 Å². The molecule has 4 N–H and O–H groups in total. The van der Waals surface area contributed by atoms with Crippen LogP contribution in [0.3, 0.4) is 0 Å². The molecule has 0 aliphatic heterocycles. The second-order valence-electron chi connectivity index (χ2n) is 10.8. The van der Waals surface area contributed by atoms with E-state index in [1.165, 1.54) is 128 Å². The molecule has 9 heteroatoms. The third-order valence-electron chi connectivity index (χ3n) is 7.14. The Morgan fingerprint density at radius 3 is 0.949 bits per heavy atom. The van der Waals surface area contributed by atoms with Gasteiger partial charge in [-0.1, -0.05) is 177 Å². The van der Waals surface area contributed by atoms with Crippen LogP contribution in [0.5, 0.6) is 0 Å². The molecule has 0 heterocycles. The van der Waals surface area contributed by atoms with Crippen molar-refractivity contribution in [2.24, 2.45) is 11.5 Å². The molecule has 2 unspecified atom stereocenters.